The molecule has 0 atom stereocenters. The molecule has 0 heterocycles. The predicted molar refractivity (Wildman–Crippen MR) is 133 cm³/mol. The Labute approximate surface area is 190 Å². The topological polar surface area (TPSA) is 0 Å². The third kappa shape index (κ3) is 10.5. The van der Waals surface area contributed by atoms with Gasteiger partial charge in [0, 0.05) is 7.92 Å². The van der Waals surface area contributed by atoms with E-state index in [0.29, 0.717) is 0 Å². The van der Waals surface area contributed by atoms with Gasteiger partial charge in [0.1, 0.15) is 0 Å². The molecule has 4 heteroatoms. The van der Waals surface area contributed by atoms with Crippen molar-refractivity contribution in [3.8, 4) is 0 Å². The van der Waals surface area contributed by atoms with Crippen molar-refractivity contribution in [3.05, 3.63) is 19.1 Å². The fourth-order valence-corrected chi connectivity index (χ4v) is 12.0. The summed E-state index contributed by atoms with van der Waals surface area (Å²) in [4.78, 5) is 0. The van der Waals surface area contributed by atoms with Crippen LogP contribution in [0.2, 0.25) is 0 Å². The van der Waals surface area contributed by atoms with E-state index in [1.54, 1.807) is 96.3 Å². The van der Waals surface area contributed by atoms with Gasteiger partial charge < -0.3 is 7.43 Å². The third-order valence-electron chi connectivity index (χ3n) is 6.71. The number of hydrogen-bond acceptors (Lipinski definition) is 0. The second kappa shape index (κ2) is 16.0. The first-order chi connectivity index (χ1) is 13.1. The van der Waals surface area contributed by atoms with E-state index < -0.39 is 13.5 Å². The molecule has 0 radical (unpaired) electrons. The van der Waals surface area contributed by atoms with E-state index in [2.05, 4.69) is 0 Å². The van der Waals surface area contributed by atoms with Gasteiger partial charge in [-0.3, -0.25) is 0 Å². The normalized spacial score (nSPS) is 22.5. The molecule has 0 aromatic heterocycles. The Hall–Kier alpha value is 1.24. The molecule has 0 aliphatic heterocycles. The van der Waals surface area contributed by atoms with Gasteiger partial charge in [-0.05, 0) is 77.0 Å². The fraction of sp³-hybridized carbons (Fsp3) is 0.833. The Morgan fingerprint density at radius 1 is 0.679 bits per heavy atom. The van der Waals surface area contributed by atoms with Crippen molar-refractivity contribution >= 4 is 31.9 Å². The van der Waals surface area contributed by atoms with Crippen LogP contribution in [0.3, 0.4) is 0 Å². The van der Waals surface area contributed by atoms with Crippen molar-refractivity contribution in [1.29, 1.82) is 0 Å². The van der Waals surface area contributed by atoms with Crippen molar-refractivity contribution in [2.75, 3.05) is 0 Å². The van der Waals surface area contributed by atoms with Gasteiger partial charge in [0.15, 0.2) is 0 Å². The van der Waals surface area contributed by atoms with Crippen LogP contribution in [0.25, 0.3) is 0 Å². The zero-order valence-electron chi connectivity index (χ0n) is 18.6. The van der Waals surface area contributed by atoms with E-state index in [-0.39, 0.29) is 15.3 Å². The minimum Gasteiger partial charge on any atom is -0.358 e. The first-order valence-electron chi connectivity index (χ1n) is 11.4. The summed E-state index contributed by atoms with van der Waals surface area (Å²) in [6.07, 6.45) is 25.7. The predicted octanol–water partition coefficient (Wildman–Crippen LogP) is 9.33. The summed E-state index contributed by atoms with van der Waals surface area (Å²) in [5.41, 5.74) is 4.92. The van der Waals surface area contributed by atoms with Gasteiger partial charge in [-0.2, -0.15) is 0 Å². The number of halogens is 2. The summed E-state index contributed by atoms with van der Waals surface area (Å²) in [6.45, 7) is 4.03. The van der Waals surface area contributed by atoms with E-state index in [1.807, 2.05) is 24.5 Å². The number of rotatable bonds is 4. The maximum Gasteiger partial charge on any atom is -0.358 e. The quantitative estimate of drug-likeness (QED) is 0.191. The molecule has 3 aliphatic carbocycles. The summed E-state index contributed by atoms with van der Waals surface area (Å²) >= 11 is -1.52. The molecular weight excluding hydrogens is 491 g/mol. The first kappa shape index (κ1) is 27.3. The molecule has 0 bridgehead atoms. The van der Waals surface area contributed by atoms with Crippen LogP contribution in [0.1, 0.15) is 110 Å². The van der Waals surface area contributed by atoms with Crippen molar-refractivity contribution in [2.45, 2.75) is 127 Å². The number of hydrogen-bond donors (Lipinski definition) is 0. The standard InChI is InChI=1S/C18H33P.C5H8.CH3.2ClH.Ru/c1-4-10-16(11-5-1)19(17-12-6-2-7-13-17)18-14-8-3-9-15-18;1-4-5(2)3;;;;/h16-18H,1-15H2;1,4H,2-3H3;1H3;2*1H;/q;;-1;;;+2/p-1. The molecule has 0 N–H and O–H groups in total. The Morgan fingerprint density at radius 2 is 1.00 bits per heavy atom. The largest absolute Gasteiger partial charge is 0.358 e. The van der Waals surface area contributed by atoms with Crippen molar-refractivity contribution in [3.63, 3.8) is 0 Å². The monoisotopic (exact) mass is 536 g/mol. The Balaban J connectivity index is 0.000000376. The number of allylic oxidation sites excluding steroid dienone is 2. The molecule has 0 unspecified atom stereocenters. The Morgan fingerprint density at radius 3 is 1.21 bits per heavy atom. The van der Waals surface area contributed by atoms with E-state index in [0.717, 1.165) is 0 Å². The zero-order valence-corrected chi connectivity index (χ0v) is 22.9. The molecule has 0 nitrogen and oxygen atoms in total. The Kier molecular flexibility index (Phi) is 15.5. The molecule has 0 aromatic rings. The molecule has 28 heavy (non-hydrogen) atoms. The maximum atomic E-state index is 5.53. The second-order valence-corrected chi connectivity index (χ2v) is 18.3. The summed E-state index contributed by atoms with van der Waals surface area (Å²) in [5.74, 6) is 0. The van der Waals surface area contributed by atoms with Crippen LogP contribution in [0.4, 0.5) is 0 Å². The third-order valence-corrected chi connectivity index (χ3v) is 13.1. The molecule has 3 aliphatic rings. The average Bonchev–Trinajstić information content (AvgIpc) is 2.70. The second-order valence-electron chi connectivity index (χ2n) is 9.07. The fourth-order valence-electron chi connectivity index (χ4n) is 5.47. The van der Waals surface area contributed by atoms with Gasteiger partial charge in [0.2, 0.25) is 0 Å². The van der Waals surface area contributed by atoms with Crippen LogP contribution in [0.15, 0.2) is 11.6 Å². The van der Waals surface area contributed by atoms with Gasteiger partial charge in [0.25, 0.3) is 0 Å². The molecule has 0 aromatic carbocycles. The molecule has 3 fully saturated rings. The van der Waals surface area contributed by atoms with Crippen LogP contribution in [-0.4, -0.2) is 21.6 Å². The minimum absolute atomic E-state index is 0. The van der Waals surface area contributed by atoms with Gasteiger partial charge in [-0.25, -0.2) is 0 Å². The van der Waals surface area contributed by atoms with Crippen LogP contribution < -0.4 is 0 Å². The van der Waals surface area contributed by atoms with E-state index in [4.69, 9.17) is 19.4 Å². The maximum absolute atomic E-state index is 5.53. The van der Waals surface area contributed by atoms with E-state index in [1.165, 1.54) is 22.6 Å². The molecule has 3 rings (SSSR count). The molecule has 0 saturated heterocycles. The van der Waals surface area contributed by atoms with Gasteiger partial charge in [-0.15, -0.1) is 0 Å². The van der Waals surface area contributed by atoms with Gasteiger partial charge >= 0.3 is 63.0 Å². The SMILES string of the molecule is C1CCC([PH+](C2CCCCC2)C2CCCCC2)CC1.CC(C)=C[CH]=[Ru]([Cl])[Cl].[CH3-]. The van der Waals surface area contributed by atoms with Crippen molar-refractivity contribution in [1.82, 2.24) is 0 Å². The summed E-state index contributed by atoms with van der Waals surface area (Å²) < 4.78 is 1.88. The van der Waals surface area contributed by atoms with Gasteiger partial charge in [0.05, 0.1) is 17.0 Å². The minimum atomic E-state index is -1.52. The molecule has 0 spiro atoms. The van der Waals surface area contributed by atoms with E-state index >= 15 is 0 Å². The van der Waals surface area contributed by atoms with Crippen LogP contribution in [0, 0.1) is 7.43 Å². The average molecular weight is 537 g/mol. The van der Waals surface area contributed by atoms with E-state index in [9.17, 15) is 0 Å². The van der Waals surface area contributed by atoms with Crippen LogP contribution in [0.5, 0.6) is 0 Å². The molecule has 3 saturated carbocycles. The summed E-state index contributed by atoms with van der Waals surface area (Å²) in [6, 6.07) is 0. The Bertz CT molecular complexity index is 392. The van der Waals surface area contributed by atoms with Crippen molar-refractivity contribution in [2.24, 2.45) is 0 Å². The van der Waals surface area contributed by atoms with Crippen LogP contribution in [-0.2, 0) is 13.5 Å². The summed E-state index contributed by atoms with van der Waals surface area (Å²) in [7, 11) is 11.0. The van der Waals surface area contributed by atoms with Gasteiger partial charge in [-0.1, -0.05) is 19.3 Å². The van der Waals surface area contributed by atoms with Crippen LogP contribution >= 0.6 is 27.3 Å². The molecule has 0 amide bonds. The van der Waals surface area contributed by atoms with Crippen molar-refractivity contribution < 1.29 is 13.5 Å². The zero-order chi connectivity index (χ0) is 19.5. The first-order valence-corrected chi connectivity index (χ1v) is 18.6. The molecule has 168 valence electrons. The summed E-state index contributed by atoms with van der Waals surface area (Å²) in [5, 5.41) is 0. The molecular formula is C24H45Cl2PRu. The smallest absolute Gasteiger partial charge is 0.358 e.